The summed E-state index contributed by atoms with van der Waals surface area (Å²) in [5.74, 6) is -1.28. The molecular formula is C20H16FNO3. The van der Waals surface area contributed by atoms with Crippen LogP contribution in [0.25, 0.3) is 6.08 Å². The van der Waals surface area contributed by atoms with Crippen molar-refractivity contribution >= 4 is 23.6 Å². The first-order valence-corrected chi connectivity index (χ1v) is 7.69. The van der Waals surface area contributed by atoms with Crippen LogP contribution >= 0.6 is 0 Å². The monoisotopic (exact) mass is 337 g/mol. The largest absolute Gasteiger partial charge is 0.465 e. The summed E-state index contributed by atoms with van der Waals surface area (Å²) in [6.45, 7) is 1.70. The molecule has 0 saturated heterocycles. The molecule has 0 unspecified atom stereocenters. The number of carbonyl (C=O) groups is 2. The average molecular weight is 337 g/mol. The fraction of sp³-hybridized carbons (Fsp3) is 0.100. The number of hydrogen-bond acceptors (Lipinski definition) is 3. The average Bonchev–Trinajstić information content (AvgIpc) is 2.87. The van der Waals surface area contributed by atoms with E-state index in [1.54, 1.807) is 37.3 Å². The first-order valence-electron chi connectivity index (χ1n) is 7.69. The van der Waals surface area contributed by atoms with Crippen molar-refractivity contribution in [3.63, 3.8) is 0 Å². The van der Waals surface area contributed by atoms with E-state index in [0.29, 0.717) is 16.9 Å². The van der Waals surface area contributed by atoms with E-state index in [1.807, 2.05) is 18.2 Å². The first-order chi connectivity index (χ1) is 12.0. The third-order valence-corrected chi connectivity index (χ3v) is 3.98. The highest BCUT2D eigenvalue weighted by molar-refractivity contribution is 6.23. The minimum atomic E-state index is -0.586. The second-order valence-electron chi connectivity index (χ2n) is 5.54. The maximum atomic E-state index is 13.1. The first kappa shape index (κ1) is 16.6. The number of para-hydroxylation sites is 1. The van der Waals surface area contributed by atoms with Crippen LogP contribution < -0.4 is 4.90 Å². The van der Waals surface area contributed by atoms with Crippen LogP contribution in [0.2, 0.25) is 0 Å². The van der Waals surface area contributed by atoms with Crippen LogP contribution in [0.3, 0.4) is 0 Å². The standard InChI is InChI=1S/C20H16FNO3/c1-13-18(20(24)25-2)17(12-14-8-10-15(21)11-9-14)19(23)22(13)16-6-4-3-5-7-16/h3-12H,1-2H3/b17-12-. The van der Waals surface area contributed by atoms with E-state index in [0.717, 1.165) is 0 Å². The third kappa shape index (κ3) is 3.08. The number of rotatable bonds is 3. The SMILES string of the molecule is COC(=O)C1=C(C)N(c2ccccc2)C(=O)/C1=C\c1ccc(F)cc1. The van der Waals surface area contributed by atoms with Gasteiger partial charge in [0.1, 0.15) is 5.82 Å². The van der Waals surface area contributed by atoms with Gasteiger partial charge >= 0.3 is 5.97 Å². The molecule has 0 aromatic heterocycles. The van der Waals surface area contributed by atoms with Gasteiger partial charge in [0.15, 0.2) is 0 Å². The quantitative estimate of drug-likeness (QED) is 0.634. The zero-order valence-electron chi connectivity index (χ0n) is 13.8. The Balaban J connectivity index is 2.12. The van der Waals surface area contributed by atoms with Crippen LogP contribution in [0.15, 0.2) is 71.4 Å². The number of nitrogens with zero attached hydrogens (tertiary/aromatic N) is 1. The number of amides is 1. The maximum Gasteiger partial charge on any atom is 0.340 e. The molecule has 0 spiro atoms. The number of anilines is 1. The van der Waals surface area contributed by atoms with E-state index in [4.69, 9.17) is 4.74 Å². The molecule has 0 bridgehead atoms. The van der Waals surface area contributed by atoms with Crippen molar-refractivity contribution < 1.29 is 18.7 Å². The van der Waals surface area contributed by atoms with Crippen molar-refractivity contribution in [2.45, 2.75) is 6.92 Å². The molecule has 4 nitrogen and oxygen atoms in total. The molecule has 0 aliphatic carbocycles. The minimum absolute atomic E-state index is 0.209. The molecule has 2 aromatic carbocycles. The number of methoxy groups -OCH3 is 1. The molecule has 25 heavy (non-hydrogen) atoms. The van der Waals surface area contributed by atoms with Crippen molar-refractivity contribution in [3.8, 4) is 0 Å². The number of benzene rings is 2. The van der Waals surface area contributed by atoms with Gasteiger partial charge in [0, 0.05) is 11.4 Å². The molecule has 0 radical (unpaired) electrons. The summed E-state index contributed by atoms with van der Waals surface area (Å²) < 4.78 is 18.0. The Hall–Kier alpha value is -3.21. The molecule has 126 valence electrons. The molecule has 2 aromatic rings. The topological polar surface area (TPSA) is 46.6 Å². The van der Waals surface area contributed by atoms with Crippen molar-refractivity contribution in [1.82, 2.24) is 0 Å². The Morgan fingerprint density at radius 3 is 2.32 bits per heavy atom. The van der Waals surface area contributed by atoms with Gasteiger partial charge in [-0.15, -0.1) is 0 Å². The summed E-state index contributed by atoms with van der Waals surface area (Å²) in [5.41, 5.74) is 2.21. The molecule has 0 N–H and O–H groups in total. The summed E-state index contributed by atoms with van der Waals surface area (Å²) in [4.78, 5) is 26.7. The van der Waals surface area contributed by atoms with E-state index in [9.17, 15) is 14.0 Å². The lowest BCUT2D eigenvalue weighted by Crippen LogP contribution is -2.24. The highest BCUT2D eigenvalue weighted by atomic mass is 19.1. The lowest BCUT2D eigenvalue weighted by Gasteiger charge is -2.17. The number of esters is 1. The normalized spacial score (nSPS) is 15.9. The molecule has 0 saturated carbocycles. The second-order valence-corrected chi connectivity index (χ2v) is 5.54. The van der Waals surface area contributed by atoms with Crippen molar-refractivity contribution in [2.24, 2.45) is 0 Å². The van der Waals surface area contributed by atoms with Crippen LogP contribution in [-0.4, -0.2) is 19.0 Å². The van der Waals surface area contributed by atoms with Gasteiger partial charge in [-0.1, -0.05) is 30.3 Å². The van der Waals surface area contributed by atoms with Gasteiger partial charge in [-0.25, -0.2) is 9.18 Å². The molecule has 0 atom stereocenters. The van der Waals surface area contributed by atoms with Crippen molar-refractivity contribution in [3.05, 3.63) is 82.8 Å². The lowest BCUT2D eigenvalue weighted by molar-refractivity contribution is -0.136. The van der Waals surface area contributed by atoms with Gasteiger partial charge in [-0.2, -0.15) is 0 Å². The molecule has 5 heteroatoms. The van der Waals surface area contributed by atoms with Crippen LogP contribution in [-0.2, 0) is 14.3 Å². The number of hydrogen-bond donors (Lipinski definition) is 0. The summed E-state index contributed by atoms with van der Waals surface area (Å²) in [6.07, 6.45) is 1.57. The molecule has 1 aliphatic rings. The van der Waals surface area contributed by atoms with E-state index >= 15 is 0 Å². The zero-order valence-corrected chi connectivity index (χ0v) is 13.8. The number of halogens is 1. The predicted octanol–water partition coefficient (Wildman–Crippen LogP) is 3.70. The highest BCUT2D eigenvalue weighted by Gasteiger charge is 2.37. The Morgan fingerprint density at radius 1 is 1.08 bits per heavy atom. The van der Waals surface area contributed by atoms with E-state index in [2.05, 4.69) is 0 Å². The zero-order chi connectivity index (χ0) is 18.0. The summed E-state index contributed by atoms with van der Waals surface area (Å²) in [5, 5.41) is 0. The summed E-state index contributed by atoms with van der Waals surface area (Å²) in [6, 6.07) is 14.7. The van der Waals surface area contributed by atoms with Gasteiger partial charge in [0.25, 0.3) is 5.91 Å². The van der Waals surface area contributed by atoms with Crippen LogP contribution in [0.1, 0.15) is 12.5 Å². The van der Waals surface area contributed by atoms with Gasteiger partial charge < -0.3 is 4.74 Å². The van der Waals surface area contributed by atoms with Crippen molar-refractivity contribution in [1.29, 1.82) is 0 Å². The van der Waals surface area contributed by atoms with E-state index in [1.165, 1.54) is 24.1 Å². The van der Waals surface area contributed by atoms with Crippen molar-refractivity contribution in [2.75, 3.05) is 12.0 Å². The minimum Gasteiger partial charge on any atom is -0.465 e. The highest BCUT2D eigenvalue weighted by Crippen LogP contribution is 2.35. The molecule has 1 aliphatic heterocycles. The predicted molar refractivity (Wildman–Crippen MR) is 93.0 cm³/mol. The molecule has 1 amide bonds. The molecular weight excluding hydrogens is 321 g/mol. The summed E-state index contributed by atoms with van der Waals surface area (Å²) in [7, 11) is 1.27. The fourth-order valence-electron chi connectivity index (χ4n) is 2.79. The van der Waals surface area contributed by atoms with Gasteiger partial charge in [0.05, 0.1) is 18.3 Å². The summed E-state index contributed by atoms with van der Waals surface area (Å²) >= 11 is 0. The Bertz CT molecular complexity index is 883. The molecule has 0 fully saturated rings. The van der Waals surface area contributed by atoms with E-state index < -0.39 is 5.97 Å². The number of ether oxygens (including phenoxy) is 1. The Kier molecular flexibility index (Phi) is 4.48. The Morgan fingerprint density at radius 2 is 1.72 bits per heavy atom. The fourth-order valence-corrected chi connectivity index (χ4v) is 2.79. The van der Waals surface area contributed by atoms with Gasteiger partial charge in [-0.3, -0.25) is 9.69 Å². The van der Waals surface area contributed by atoms with Gasteiger partial charge in [-0.05, 0) is 42.8 Å². The van der Waals surface area contributed by atoms with Crippen LogP contribution in [0.5, 0.6) is 0 Å². The Labute approximate surface area is 144 Å². The lowest BCUT2D eigenvalue weighted by atomic mass is 10.0. The molecule has 3 rings (SSSR count). The third-order valence-electron chi connectivity index (χ3n) is 3.98. The second kappa shape index (κ2) is 6.73. The number of allylic oxidation sites excluding steroid dienone is 1. The number of carbonyl (C=O) groups excluding carboxylic acids is 2. The van der Waals surface area contributed by atoms with Crippen LogP contribution in [0.4, 0.5) is 10.1 Å². The van der Waals surface area contributed by atoms with Crippen LogP contribution in [0, 0.1) is 5.82 Å². The van der Waals surface area contributed by atoms with E-state index in [-0.39, 0.29) is 22.9 Å². The maximum absolute atomic E-state index is 13.1. The smallest absolute Gasteiger partial charge is 0.340 e. The molecule has 1 heterocycles. The van der Waals surface area contributed by atoms with Gasteiger partial charge in [0.2, 0.25) is 0 Å².